The number of nitrogens with zero attached hydrogens (tertiary/aromatic N) is 1. The van der Waals surface area contributed by atoms with E-state index in [0.717, 1.165) is 32.4 Å². The van der Waals surface area contributed by atoms with Crippen LogP contribution < -0.4 is 10.6 Å². The number of amides is 1. The number of carbonyl (C=O) groups excluding carboxylic acids is 1. The van der Waals surface area contributed by atoms with Crippen LogP contribution in [0.4, 0.5) is 0 Å². The molecule has 0 spiro atoms. The Labute approximate surface area is 105 Å². The Morgan fingerprint density at radius 3 is 2.59 bits per heavy atom. The Bertz CT molecular complexity index is 241. The van der Waals surface area contributed by atoms with E-state index in [0.29, 0.717) is 12.1 Å². The summed E-state index contributed by atoms with van der Waals surface area (Å²) in [7, 11) is 2.13. The molecule has 1 rings (SSSR count). The predicted molar refractivity (Wildman–Crippen MR) is 71.0 cm³/mol. The first-order valence-corrected chi connectivity index (χ1v) is 6.78. The van der Waals surface area contributed by atoms with Gasteiger partial charge in [-0.15, -0.1) is 0 Å². The van der Waals surface area contributed by atoms with E-state index in [1.54, 1.807) is 0 Å². The van der Waals surface area contributed by atoms with Gasteiger partial charge in [-0.25, -0.2) is 0 Å². The topological polar surface area (TPSA) is 44.4 Å². The zero-order valence-electron chi connectivity index (χ0n) is 11.6. The lowest BCUT2D eigenvalue weighted by Crippen LogP contribution is -2.45. The summed E-state index contributed by atoms with van der Waals surface area (Å²) < 4.78 is 0. The molecule has 0 aromatic rings. The molecule has 100 valence electrons. The Kier molecular flexibility index (Phi) is 5.92. The van der Waals surface area contributed by atoms with Gasteiger partial charge < -0.3 is 15.5 Å². The van der Waals surface area contributed by atoms with Gasteiger partial charge in [0, 0.05) is 25.2 Å². The minimum atomic E-state index is -0.0825. The number of carbonyl (C=O) groups is 1. The minimum Gasteiger partial charge on any atom is -0.352 e. The third kappa shape index (κ3) is 5.50. The maximum atomic E-state index is 11.7. The van der Waals surface area contributed by atoms with Gasteiger partial charge in [0.05, 0.1) is 6.04 Å². The molecular formula is C13H27N3O. The van der Waals surface area contributed by atoms with Crippen LogP contribution in [0.25, 0.3) is 0 Å². The van der Waals surface area contributed by atoms with Crippen LogP contribution in [0.15, 0.2) is 0 Å². The second kappa shape index (κ2) is 6.97. The molecule has 1 amide bonds. The third-order valence-electron chi connectivity index (χ3n) is 3.58. The third-order valence-corrected chi connectivity index (χ3v) is 3.58. The van der Waals surface area contributed by atoms with Crippen molar-refractivity contribution in [2.45, 2.75) is 58.2 Å². The maximum Gasteiger partial charge on any atom is 0.237 e. The van der Waals surface area contributed by atoms with Gasteiger partial charge in [0.15, 0.2) is 0 Å². The summed E-state index contributed by atoms with van der Waals surface area (Å²) in [5, 5.41) is 6.28. The van der Waals surface area contributed by atoms with Crippen molar-refractivity contribution in [2.75, 3.05) is 20.1 Å². The van der Waals surface area contributed by atoms with E-state index in [4.69, 9.17) is 0 Å². The predicted octanol–water partition coefficient (Wildman–Crippen LogP) is 0.973. The van der Waals surface area contributed by atoms with Crippen LogP contribution in [0.5, 0.6) is 0 Å². The molecule has 0 aromatic heterocycles. The highest BCUT2D eigenvalue weighted by Gasteiger charge is 2.25. The molecule has 4 nitrogen and oxygen atoms in total. The van der Waals surface area contributed by atoms with Crippen LogP contribution in [0, 0.1) is 0 Å². The zero-order valence-corrected chi connectivity index (χ0v) is 11.6. The van der Waals surface area contributed by atoms with Crippen LogP contribution in [-0.2, 0) is 4.79 Å². The van der Waals surface area contributed by atoms with E-state index >= 15 is 0 Å². The molecule has 0 aliphatic heterocycles. The van der Waals surface area contributed by atoms with E-state index < -0.39 is 0 Å². The first kappa shape index (κ1) is 14.5. The minimum absolute atomic E-state index is 0.0825. The first-order chi connectivity index (χ1) is 8.04. The first-order valence-electron chi connectivity index (χ1n) is 6.78. The molecule has 0 bridgehead atoms. The van der Waals surface area contributed by atoms with E-state index in [9.17, 15) is 4.79 Å². The van der Waals surface area contributed by atoms with E-state index in [-0.39, 0.29) is 11.9 Å². The Balaban J connectivity index is 2.09. The largest absolute Gasteiger partial charge is 0.352 e. The van der Waals surface area contributed by atoms with Gasteiger partial charge in [-0.3, -0.25) is 4.79 Å². The van der Waals surface area contributed by atoms with Gasteiger partial charge in [0.2, 0.25) is 5.91 Å². The summed E-state index contributed by atoms with van der Waals surface area (Å²) in [6.45, 7) is 8.20. The molecule has 17 heavy (non-hydrogen) atoms. The van der Waals surface area contributed by atoms with E-state index in [1.807, 2.05) is 6.92 Å². The number of hydrogen-bond donors (Lipinski definition) is 2. The van der Waals surface area contributed by atoms with Crippen molar-refractivity contribution in [1.29, 1.82) is 0 Å². The van der Waals surface area contributed by atoms with Gasteiger partial charge >= 0.3 is 0 Å². The van der Waals surface area contributed by atoms with E-state index in [2.05, 4.69) is 36.4 Å². The van der Waals surface area contributed by atoms with Crippen LogP contribution in [-0.4, -0.2) is 49.1 Å². The maximum absolute atomic E-state index is 11.7. The molecule has 1 saturated carbocycles. The number of nitrogens with one attached hydrogen (secondary N) is 2. The SMILES string of the molecule is CCC(C)N(C)CCNC(C)C(=O)NC1CC1. The highest BCUT2D eigenvalue weighted by atomic mass is 16.2. The molecule has 2 N–H and O–H groups in total. The zero-order chi connectivity index (χ0) is 12.8. The average molecular weight is 241 g/mol. The smallest absolute Gasteiger partial charge is 0.237 e. The van der Waals surface area contributed by atoms with E-state index in [1.165, 1.54) is 0 Å². The molecule has 0 heterocycles. The van der Waals surface area contributed by atoms with Crippen molar-refractivity contribution in [3.8, 4) is 0 Å². The fourth-order valence-corrected chi connectivity index (χ4v) is 1.64. The van der Waals surface area contributed by atoms with Crippen molar-refractivity contribution in [1.82, 2.24) is 15.5 Å². The summed E-state index contributed by atoms with van der Waals surface area (Å²) in [6, 6.07) is 0.975. The van der Waals surface area contributed by atoms with Crippen molar-refractivity contribution in [3.05, 3.63) is 0 Å². The van der Waals surface area contributed by atoms with Crippen molar-refractivity contribution >= 4 is 5.91 Å². The molecule has 1 aliphatic rings. The molecule has 2 atom stereocenters. The Hall–Kier alpha value is -0.610. The summed E-state index contributed by atoms with van der Waals surface area (Å²) in [4.78, 5) is 14.0. The molecule has 0 saturated heterocycles. The van der Waals surface area contributed by atoms with Gasteiger partial charge in [0.1, 0.15) is 0 Å². The number of hydrogen-bond acceptors (Lipinski definition) is 3. The normalized spacial score (nSPS) is 19.1. The summed E-state index contributed by atoms with van der Waals surface area (Å²) >= 11 is 0. The highest BCUT2D eigenvalue weighted by molar-refractivity contribution is 5.81. The van der Waals surface area contributed by atoms with Crippen LogP contribution in [0.2, 0.25) is 0 Å². The summed E-state index contributed by atoms with van der Waals surface area (Å²) in [6.07, 6.45) is 3.46. The van der Waals surface area contributed by atoms with Gasteiger partial charge in [-0.1, -0.05) is 6.92 Å². The van der Waals surface area contributed by atoms with Crippen LogP contribution >= 0.6 is 0 Å². The molecule has 2 unspecified atom stereocenters. The van der Waals surface area contributed by atoms with Gasteiger partial charge in [-0.05, 0) is 40.2 Å². The Morgan fingerprint density at radius 1 is 1.41 bits per heavy atom. The molecule has 0 radical (unpaired) electrons. The van der Waals surface area contributed by atoms with Crippen LogP contribution in [0.1, 0.15) is 40.0 Å². The summed E-state index contributed by atoms with van der Waals surface area (Å²) in [5.74, 6) is 0.138. The fraction of sp³-hybridized carbons (Fsp3) is 0.923. The quantitative estimate of drug-likeness (QED) is 0.665. The van der Waals surface area contributed by atoms with Gasteiger partial charge in [-0.2, -0.15) is 0 Å². The molecule has 4 heteroatoms. The molecule has 1 aliphatic carbocycles. The lowest BCUT2D eigenvalue weighted by atomic mass is 10.2. The van der Waals surface area contributed by atoms with Gasteiger partial charge in [0.25, 0.3) is 0 Å². The van der Waals surface area contributed by atoms with Crippen molar-refractivity contribution in [2.24, 2.45) is 0 Å². The number of likely N-dealkylation sites (N-methyl/N-ethyl adjacent to an activating group) is 1. The highest BCUT2D eigenvalue weighted by Crippen LogP contribution is 2.18. The second-order valence-electron chi connectivity index (χ2n) is 5.20. The summed E-state index contributed by atoms with van der Waals surface area (Å²) in [5.41, 5.74) is 0. The fourth-order valence-electron chi connectivity index (χ4n) is 1.64. The average Bonchev–Trinajstić information content (AvgIpc) is 3.11. The molecule has 1 fully saturated rings. The standard InChI is InChI=1S/C13H27N3O/c1-5-10(2)16(4)9-8-14-11(3)13(17)15-12-6-7-12/h10-12,14H,5-9H2,1-4H3,(H,15,17). The lowest BCUT2D eigenvalue weighted by molar-refractivity contribution is -0.122. The van der Waals surface area contributed by atoms with Crippen LogP contribution in [0.3, 0.4) is 0 Å². The monoisotopic (exact) mass is 241 g/mol. The second-order valence-corrected chi connectivity index (χ2v) is 5.20. The number of rotatable bonds is 8. The molecule has 0 aromatic carbocycles. The Morgan fingerprint density at radius 2 is 2.06 bits per heavy atom. The lowest BCUT2D eigenvalue weighted by Gasteiger charge is -2.24. The van der Waals surface area contributed by atoms with Crippen molar-refractivity contribution in [3.63, 3.8) is 0 Å². The van der Waals surface area contributed by atoms with Crippen molar-refractivity contribution < 1.29 is 4.79 Å². The molecular weight excluding hydrogens is 214 g/mol.